The molecule has 0 heterocycles. The molecule has 0 bridgehead atoms. The molecule has 0 saturated carbocycles. The van der Waals surface area contributed by atoms with Crippen LogP contribution in [0.15, 0.2) is 29.8 Å². The molecule has 2 nitrogen and oxygen atoms in total. The second kappa shape index (κ2) is 7.49. The smallest absolute Gasteiger partial charge is 0.119 e. The van der Waals surface area contributed by atoms with Crippen molar-refractivity contribution in [3.05, 3.63) is 35.4 Å². The first-order chi connectivity index (χ1) is 9.31. The predicted octanol–water partition coefficient (Wildman–Crippen LogP) is 4.51. The van der Waals surface area contributed by atoms with E-state index in [4.69, 9.17) is 4.74 Å². The van der Waals surface area contributed by atoms with Gasteiger partial charge in [0, 0.05) is 12.1 Å². The number of ether oxygens (including phenoxy) is 1. The molecule has 0 unspecified atom stereocenters. The molecule has 20 heavy (non-hydrogen) atoms. The lowest BCUT2D eigenvalue weighted by atomic mass is 9.98. The van der Waals surface area contributed by atoms with Crippen molar-refractivity contribution in [3.63, 3.8) is 0 Å². The summed E-state index contributed by atoms with van der Waals surface area (Å²) in [5.41, 5.74) is 2.80. The minimum absolute atomic E-state index is 0.146. The number of rotatable bonds is 6. The largest absolute Gasteiger partial charge is 0.494 e. The van der Waals surface area contributed by atoms with Gasteiger partial charge in [-0.1, -0.05) is 37.6 Å². The summed E-state index contributed by atoms with van der Waals surface area (Å²) in [7, 11) is 0. The van der Waals surface area contributed by atoms with E-state index in [0.717, 1.165) is 12.3 Å². The van der Waals surface area contributed by atoms with Crippen molar-refractivity contribution in [3.8, 4) is 5.75 Å². The fourth-order valence-electron chi connectivity index (χ4n) is 1.83. The average Bonchev–Trinajstić information content (AvgIpc) is 2.35. The summed E-state index contributed by atoms with van der Waals surface area (Å²) in [6.07, 6.45) is 2.28. The van der Waals surface area contributed by atoms with E-state index in [2.05, 4.69) is 58.1 Å². The standard InChI is InChI=1S/C18H29NO/c1-7-20-17-10-8-15(9-11-17)12-16(14(2)3)13-19-18(4,5)6/h8-12,14,19H,7,13H2,1-6H3. The van der Waals surface area contributed by atoms with Crippen LogP contribution in [0.5, 0.6) is 5.75 Å². The maximum absolute atomic E-state index is 5.47. The minimum Gasteiger partial charge on any atom is -0.494 e. The van der Waals surface area contributed by atoms with Gasteiger partial charge in [0.1, 0.15) is 5.75 Å². The molecule has 1 N–H and O–H groups in total. The molecule has 1 aromatic rings. The lowest BCUT2D eigenvalue weighted by molar-refractivity contribution is 0.340. The summed E-state index contributed by atoms with van der Waals surface area (Å²) < 4.78 is 5.47. The molecule has 0 aliphatic heterocycles. The summed E-state index contributed by atoms with van der Waals surface area (Å²) in [6.45, 7) is 14.7. The summed E-state index contributed by atoms with van der Waals surface area (Å²) in [6, 6.07) is 8.30. The van der Waals surface area contributed by atoms with E-state index in [1.165, 1.54) is 11.1 Å². The number of benzene rings is 1. The Bertz CT molecular complexity index is 424. The third-order valence-electron chi connectivity index (χ3n) is 3.11. The van der Waals surface area contributed by atoms with Gasteiger partial charge in [-0.05, 0) is 51.3 Å². The SMILES string of the molecule is CCOc1ccc(C=C(CNC(C)(C)C)C(C)C)cc1. The molecular formula is C18H29NO. The molecule has 2 heteroatoms. The Morgan fingerprint density at radius 3 is 2.25 bits per heavy atom. The van der Waals surface area contributed by atoms with Crippen molar-refractivity contribution < 1.29 is 4.74 Å². The van der Waals surface area contributed by atoms with Crippen LogP contribution in [0.25, 0.3) is 6.08 Å². The first-order valence-electron chi connectivity index (χ1n) is 7.50. The van der Waals surface area contributed by atoms with Crippen molar-refractivity contribution in [1.82, 2.24) is 5.32 Å². The highest BCUT2D eigenvalue weighted by Gasteiger charge is 2.11. The highest BCUT2D eigenvalue weighted by atomic mass is 16.5. The lowest BCUT2D eigenvalue weighted by Crippen LogP contribution is -2.37. The molecule has 0 aromatic heterocycles. The first-order valence-corrected chi connectivity index (χ1v) is 7.50. The first kappa shape index (κ1) is 16.8. The number of hydrogen-bond donors (Lipinski definition) is 1. The van der Waals surface area contributed by atoms with Crippen molar-refractivity contribution in [2.45, 2.75) is 47.1 Å². The van der Waals surface area contributed by atoms with Gasteiger partial charge < -0.3 is 10.1 Å². The zero-order valence-corrected chi connectivity index (χ0v) is 13.8. The number of nitrogens with one attached hydrogen (secondary N) is 1. The van der Waals surface area contributed by atoms with Gasteiger partial charge in [0.05, 0.1) is 6.61 Å². The van der Waals surface area contributed by atoms with Gasteiger partial charge in [-0.3, -0.25) is 0 Å². The molecule has 0 saturated heterocycles. The molecule has 0 spiro atoms. The van der Waals surface area contributed by atoms with Gasteiger partial charge in [0.15, 0.2) is 0 Å². The van der Waals surface area contributed by atoms with Crippen LogP contribution in [0.2, 0.25) is 0 Å². The molecule has 0 aliphatic carbocycles. The van der Waals surface area contributed by atoms with E-state index in [0.29, 0.717) is 12.5 Å². The van der Waals surface area contributed by atoms with E-state index in [1.54, 1.807) is 0 Å². The third-order valence-corrected chi connectivity index (χ3v) is 3.11. The predicted molar refractivity (Wildman–Crippen MR) is 88.2 cm³/mol. The normalized spacial score (nSPS) is 12.8. The molecule has 0 atom stereocenters. The maximum atomic E-state index is 5.47. The van der Waals surface area contributed by atoms with Crippen LogP contribution >= 0.6 is 0 Å². The molecule has 112 valence electrons. The number of hydrogen-bond acceptors (Lipinski definition) is 2. The van der Waals surface area contributed by atoms with Gasteiger partial charge in [0.25, 0.3) is 0 Å². The quantitative estimate of drug-likeness (QED) is 0.824. The van der Waals surface area contributed by atoms with Crippen molar-refractivity contribution in [2.75, 3.05) is 13.2 Å². The topological polar surface area (TPSA) is 21.3 Å². The van der Waals surface area contributed by atoms with Crippen LogP contribution in [-0.4, -0.2) is 18.7 Å². The summed E-state index contributed by atoms with van der Waals surface area (Å²) in [4.78, 5) is 0. The fraction of sp³-hybridized carbons (Fsp3) is 0.556. The Morgan fingerprint density at radius 2 is 1.80 bits per heavy atom. The van der Waals surface area contributed by atoms with Crippen LogP contribution in [0.1, 0.15) is 47.1 Å². The second-order valence-corrected chi connectivity index (χ2v) is 6.48. The Kier molecular flexibility index (Phi) is 6.28. The van der Waals surface area contributed by atoms with E-state index in [9.17, 15) is 0 Å². The van der Waals surface area contributed by atoms with Crippen LogP contribution in [0.3, 0.4) is 0 Å². The monoisotopic (exact) mass is 275 g/mol. The molecule has 0 aliphatic rings. The highest BCUT2D eigenvalue weighted by molar-refractivity contribution is 5.54. The van der Waals surface area contributed by atoms with Crippen LogP contribution in [0.4, 0.5) is 0 Å². The van der Waals surface area contributed by atoms with Gasteiger partial charge in [0.2, 0.25) is 0 Å². The fourth-order valence-corrected chi connectivity index (χ4v) is 1.83. The lowest BCUT2D eigenvalue weighted by Gasteiger charge is -2.23. The third kappa shape index (κ3) is 6.25. The zero-order chi connectivity index (χ0) is 15.2. The van der Waals surface area contributed by atoms with Crippen molar-refractivity contribution in [1.29, 1.82) is 0 Å². The van der Waals surface area contributed by atoms with E-state index in [1.807, 2.05) is 19.1 Å². The van der Waals surface area contributed by atoms with E-state index >= 15 is 0 Å². The molecule has 1 rings (SSSR count). The maximum Gasteiger partial charge on any atom is 0.119 e. The molecule has 0 radical (unpaired) electrons. The Hall–Kier alpha value is -1.28. The van der Waals surface area contributed by atoms with E-state index in [-0.39, 0.29) is 5.54 Å². The zero-order valence-electron chi connectivity index (χ0n) is 13.8. The average molecular weight is 275 g/mol. The summed E-state index contributed by atoms with van der Waals surface area (Å²) >= 11 is 0. The van der Waals surface area contributed by atoms with Gasteiger partial charge in [-0.15, -0.1) is 0 Å². The minimum atomic E-state index is 0.146. The van der Waals surface area contributed by atoms with Crippen LogP contribution in [0, 0.1) is 5.92 Å². The molecule has 0 amide bonds. The van der Waals surface area contributed by atoms with Crippen molar-refractivity contribution >= 4 is 6.08 Å². The Balaban J connectivity index is 2.79. The van der Waals surface area contributed by atoms with E-state index < -0.39 is 0 Å². The van der Waals surface area contributed by atoms with Gasteiger partial charge in [-0.2, -0.15) is 0 Å². The van der Waals surface area contributed by atoms with Gasteiger partial charge in [-0.25, -0.2) is 0 Å². The molecule has 1 aromatic carbocycles. The Morgan fingerprint density at radius 1 is 1.20 bits per heavy atom. The van der Waals surface area contributed by atoms with Crippen LogP contribution in [-0.2, 0) is 0 Å². The summed E-state index contributed by atoms with van der Waals surface area (Å²) in [5, 5.41) is 3.56. The molecule has 0 fully saturated rings. The summed E-state index contributed by atoms with van der Waals surface area (Å²) in [5.74, 6) is 1.47. The van der Waals surface area contributed by atoms with Crippen molar-refractivity contribution in [2.24, 2.45) is 5.92 Å². The van der Waals surface area contributed by atoms with Gasteiger partial charge >= 0.3 is 0 Å². The second-order valence-electron chi connectivity index (χ2n) is 6.48. The highest BCUT2D eigenvalue weighted by Crippen LogP contribution is 2.18. The van der Waals surface area contributed by atoms with Crippen LogP contribution < -0.4 is 10.1 Å². The molecular weight excluding hydrogens is 246 g/mol. The Labute approximate surface area is 124 Å².